The van der Waals surface area contributed by atoms with Crippen molar-refractivity contribution in [3.8, 4) is 0 Å². The van der Waals surface area contributed by atoms with Gasteiger partial charge in [0, 0.05) is 11.4 Å². The molecule has 0 atom stereocenters. The smallest absolute Gasteiger partial charge is 0.317 e. The van der Waals surface area contributed by atoms with Crippen LogP contribution in [-0.4, -0.2) is 45.1 Å². The number of pyridine rings is 1. The first-order chi connectivity index (χ1) is 13.5. The number of imidazole rings is 1. The normalized spacial score (nSPS) is 14.1. The number of hydrogen-bond acceptors (Lipinski definition) is 5. The number of likely N-dealkylation sites (N-methyl/N-ethyl adjacent to an activating group) is 1. The summed E-state index contributed by atoms with van der Waals surface area (Å²) in [5.74, 6) is -1.35. The first-order valence-electron chi connectivity index (χ1n) is 9.44. The van der Waals surface area contributed by atoms with Crippen LogP contribution in [0.2, 0.25) is 0 Å². The number of fused-ring (bicyclic) bond motifs is 3. The van der Waals surface area contributed by atoms with E-state index in [0.717, 1.165) is 29.3 Å². The molecule has 0 bridgehead atoms. The zero-order valence-corrected chi connectivity index (χ0v) is 17.1. The number of carbonyl (C=O) groups is 2. The van der Waals surface area contributed by atoms with Crippen LogP contribution in [-0.2, 0) is 4.79 Å². The molecule has 0 radical (unpaired) electrons. The SMILES string of the molecule is CNCC(=O)O.Cl.NC(=O)c1nc2ccccc2c2c1ncn2C1CCCCC1. The average Bonchev–Trinajstić information content (AvgIpc) is 3.13. The fraction of sp³-hybridized carbons (Fsp3) is 0.400. The molecule has 156 valence electrons. The third-order valence-corrected chi connectivity index (χ3v) is 4.94. The van der Waals surface area contributed by atoms with Gasteiger partial charge in [0.15, 0.2) is 5.69 Å². The van der Waals surface area contributed by atoms with E-state index in [-0.39, 0.29) is 24.6 Å². The molecule has 9 heteroatoms. The molecule has 0 spiro atoms. The molecule has 2 aromatic heterocycles. The lowest BCUT2D eigenvalue weighted by atomic mass is 9.95. The summed E-state index contributed by atoms with van der Waals surface area (Å²) in [6.07, 6.45) is 7.97. The lowest BCUT2D eigenvalue weighted by Gasteiger charge is -2.24. The van der Waals surface area contributed by atoms with Crippen molar-refractivity contribution in [1.29, 1.82) is 0 Å². The molecule has 1 aromatic carbocycles. The largest absolute Gasteiger partial charge is 0.480 e. The van der Waals surface area contributed by atoms with E-state index in [1.165, 1.54) is 19.3 Å². The monoisotopic (exact) mass is 419 g/mol. The number of amides is 1. The summed E-state index contributed by atoms with van der Waals surface area (Å²) in [6.45, 7) is 0.0417. The molecule has 3 aromatic rings. The molecule has 2 heterocycles. The Morgan fingerprint density at radius 1 is 1.24 bits per heavy atom. The number of nitrogens with two attached hydrogens (primary N) is 1. The van der Waals surface area contributed by atoms with Gasteiger partial charge >= 0.3 is 5.97 Å². The van der Waals surface area contributed by atoms with Crippen molar-refractivity contribution < 1.29 is 14.7 Å². The first-order valence-corrected chi connectivity index (χ1v) is 9.44. The number of benzene rings is 1. The topological polar surface area (TPSA) is 123 Å². The summed E-state index contributed by atoms with van der Waals surface area (Å²) in [4.78, 5) is 30.2. The second-order valence-corrected chi connectivity index (χ2v) is 6.91. The number of carboxylic acids is 1. The Labute approximate surface area is 174 Å². The number of hydrogen-bond donors (Lipinski definition) is 3. The summed E-state index contributed by atoms with van der Waals surface area (Å²) in [7, 11) is 1.59. The molecule has 1 aliphatic carbocycles. The summed E-state index contributed by atoms with van der Waals surface area (Å²) in [5.41, 5.74) is 8.18. The minimum Gasteiger partial charge on any atom is -0.480 e. The van der Waals surface area contributed by atoms with Gasteiger partial charge in [-0.05, 0) is 26.0 Å². The molecule has 4 rings (SSSR count). The van der Waals surface area contributed by atoms with Gasteiger partial charge in [-0.2, -0.15) is 0 Å². The fourth-order valence-corrected chi connectivity index (χ4v) is 3.70. The second-order valence-electron chi connectivity index (χ2n) is 6.91. The van der Waals surface area contributed by atoms with Crippen LogP contribution in [0.1, 0.15) is 48.6 Å². The molecule has 8 nitrogen and oxygen atoms in total. The maximum absolute atomic E-state index is 11.8. The quantitative estimate of drug-likeness (QED) is 0.597. The average molecular weight is 420 g/mol. The fourth-order valence-electron chi connectivity index (χ4n) is 3.70. The number of aromatic nitrogens is 3. The number of carboxylic acid groups (broad SMARTS) is 1. The Balaban J connectivity index is 0.000000379. The molecule has 0 unspecified atom stereocenters. The molecule has 1 saturated carbocycles. The van der Waals surface area contributed by atoms with E-state index < -0.39 is 11.9 Å². The highest BCUT2D eigenvalue weighted by atomic mass is 35.5. The maximum Gasteiger partial charge on any atom is 0.317 e. The van der Waals surface area contributed by atoms with Crippen LogP contribution in [0, 0.1) is 0 Å². The molecule has 1 amide bonds. The minimum atomic E-state index is -0.822. The van der Waals surface area contributed by atoms with Crippen LogP contribution in [0.25, 0.3) is 21.9 Å². The van der Waals surface area contributed by atoms with E-state index in [1.54, 1.807) is 7.05 Å². The number of nitrogens with zero attached hydrogens (tertiary/aromatic N) is 3. The van der Waals surface area contributed by atoms with E-state index in [9.17, 15) is 9.59 Å². The Morgan fingerprint density at radius 2 is 1.93 bits per heavy atom. The molecular weight excluding hydrogens is 394 g/mol. The predicted octanol–water partition coefficient (Wildman–Crippen LogP) is 2.90. The Kier molecular flexibility index (Phi) is 7.92. The number of para-hydroxylation sites is 1. The van der Waals surface area contributed by atoms with Gasteiger partial charge in [0.05, 0.1) is 23.9 Å². The molecule has 4 N–H and O–H groups in total. The van der Waals surface area contributed by atoms with Crippen molar-refractivity contribution in [1.82, 2.24) is 19.9 Å². The third-order valence-electron chi connectivity index (χ3n) is 4.94. The van der Waals surface area contributed by atoms with Gasteiger partial charge in [-0.3, -0.25) is 9.59 Å². The van der Waals surface area contributed by atoms with Crippen molar-refractivity contribution in [2.45, 2.75) is 38.1 Å². The van der Waals surface area contributed by atoms with Crippen molar-refractivity contribution in [3.63, 3.8) is 0 Å². The highest BCUT2D eigenvalue weighted by molar-refractivity contribution is 6.11. The summed E-state index contributed by atoms with van der Waals surface area (Å²) < 4.78 is 2.23. The summed E-state index contributed by atoms with van der Waals surface area (Å²) in [6, 6.07) is 8.32. The predicted molar refractivity (Wildman–Crippen MR) is 114 cm³/mol. The third kappa shape index (κ3) is 5.02. The van der Waals surface area contributed by atoms with Gasteiger partial charge in [-0.15, -0.1) is 12.4 Å². The van der Waals surface area contributed by atoms with Crippen LogP contribution in [0.15, 0.2) is 30.6 Å². The van der Waals surface area contributed by atoms with Crippen molar-refractivity contribution >= 4 is 46.2 Å². The molecule has 0 saturated heterocycles. The van der Waals surface area contributed by atoms with E-state index in [0.29, 0.717) is 11.6 Å². The van der Waals surface area contributed by atoms with Gasteiger partial charge in [-0.1, -0.05) is 37.5 Å². The highest BCUT2D eigenvalue weighted by Crippen LogP contribution is 2.34. The maximum atomic E-state index is 11.8. The molecule has 29 heavy (non-hydrogen) atoms. The number of halogens is 1. The van der Waals surface area contributed by atoms with E-state index in [2.05, 4.69) is 19.9 Å². The standard InChI is InChI=1S/C17H18N4O.C3H7NO2.ClH/c18-17(22)15-14-16(12-8-4-5-9-13(12)20-15)21(10-19-14)11-6-2-1-3-7-11;1-4-2-3(5)6;/h4-5,8-11H,1-3,6-7H2,(H2,18,22);4H,2H2,1H3,(H,5,6);1H. The Morgan fingerprint density at radius 3 is 2.52 bits per heavy atom. The molecule has 0 aliphatic heterocycles. The van der Waals surface area contributed by atoms with Crippen molar-refractivity contribution in [2.24, 2.45) is 5.73 Å². The molecule has 1 fully saturated rings. The van der Waals surface area contributed by atoms with E-state index in [1.807, 2.05) is 30.6 Å². The van der Waals surface area contributed by atoms with E-state index in [4.69, 9.17) is 10.8 Å². The van der Waals surface area contributed by atoms with Crippen molar-refractivity contribution in [2.75, 3.05) is 13.6 Å². The zero-order valence-electron chi connectivity index (χ0n) is 16.3. The van der Waals surface area contributed by atoms with Crippen molar-refractivity contribution in [3.05, 3.63) is 36.3 Å². The first kappa shape index (κ1) is 22.6. The van der Waals surface area contributed by atoms with E-state index >= 15 is 0 Å². The molecule has 1 aliphatic rings. The van der Waals surface area contributed by atoms with Gasteiger partial charge < -0.3 is 20.7 Å². The van der Waals surface area contributed by atoms with Gasteiger partial charge in [0.25, 0.3) is 5.91 Å². The number of primary amides is 1. The molecular formula is C20H26ClN5O3. The second kappa shape index (κ2) is 10.2. The summed E-state index contributed by atoms with van der Waals surface area (Å²) >= 11 is 0. The van der Waals surface area contributed by atoms with Crippen LogP contribution in [0.4, 0.5) is 0 Å². The van der Waals surface area contributed by atoms with Crippen LogP contribution >= 0.6 is 12.4 Å². The lowest BCUT2D eigenvalue weighted by molar-refractivity contribution is -0.135. The van der Waals surface area contributed by atoms with Gasteiger partial charge in [0.2, 0.25) is 0 Å². The summed E-state index contributed by atoms with van der Waals surface area (Å²) in [5, 5.41) is 11.4. The Bertz CT molecular complexity index is 998. The van der Waals surface area contributed by atoms with Crippen LogP contribution in [0.3, 0.4) is 0 Å². The van der Waals surface area contributed by atoms with Gasteiger partial charge in [-0.25, -0.2) is 9.97 Å². The van der Waals surface area contributed by atoms with Gasteiger partial charge in [0.1, 0.15) is 5.52 Å². The Hall–Kier alpha value is -2.71. The van der Waals surface area contributed by atoms with Crippen LogP contribution in [0.5, 0.6) is 0 Å². The van der Waals surface area contributed by atoms with Crippen LogP contribution < -0.4 is 11.1 Å². The lowest BCUT2D eigenvalue weighted by Crippen LogP contribution is -2.16. The number of aliphatic carboxylic acids is 1. The number of nitrogens with one attached hydrogen (secondary N) is 1. The zero-order chi connectivity index (χ0) is 20.1. The highest BCUT2D eigenvalue weighted by Gasteiger charge is 2.22. The number of rotatable bonds is 4. The minimum absolute atomic E-state index is 0. The number of carbonyl (C=O) groups excluding carboxylic acids is 1.